The van der Waals surface area contributed by atoms with E-state index in [0.717, 1.165) is 13.1 Å². The zero-order chi connectivity index (χ0) is 14.7. The van der Waals surface area contributed by atoms with Crippen LogP contribution in [0.5, 0.6) is 0 Å². The number of aliphatic hydroxyl groups excluding tert-OH is 1. The number of rotatable bonds is 10. The molecule has 0 heterocycles. The van der Waals surface area contributed by atoms with Crippen molar-refractivity contribution >= 4 is 11.9 Å². The zero-order valence-electron chi connectivity index (χ0n) is 11.7. The Kier molecular flexibility index (Phi) is 9.74. The highest BCUT2D eigenvalue weighted by Gasteiger charge is 2.14. The Balaban J connectivity index is 3.88. The Labute approximate surface area is 114 Å². The van der Waals surface area contributed by atoms with Crippen LogP contribution >= 0.6 is 0 Å². The molecule has 0 saturated heterocycles. The van der Waals surface area contributed by atoms with E-state index in [1.807, 2.05) is 13.8 Å². The molecule has 0 rings (SSSR count). The largest absolute Gasteiger partial charge is 0.463 e. The number of esters is 2. The quantitative estimate of drug-likeness (QED) is 0.457. The third kappa shape index (κ3) is 8.34. The molecule has 6 heteroatoms. The molecule has 19 heavy (non-hydrogen) atoms. The number of hydrogen-bond acceptors (Lipinski definition) is 6. The summed E-state index contributed by atoms with van der Waals surface area (Å²) in [5.41, 5.74) is 0.0579. The van der Waals surface area contributed by atoms with Crippen molar-refractivity contribution < 1.29 is 24.2 Å². The lowest BCUT2D eigenvalue weighted by Gasteiger charge is -2.17. The van der Waals surface area contributed by atoms with Gasteiger partial charge in [-0.1, -0.05) is 20.4 Å². The van der Waals surface area contributed by atoms with Crippen LogP contribution < -0.4 is 0 Å². The molecule has 0 aromatic rings. The van der Waals surface area contributed by atoms with Crippen LogP contribution in [0.25, 0.3) is 0 Å². The topological polar surface area (TPSA) is 76.1 Å². The molecule has 0 spiro atoms. The smallest absolute Gasteiger partial charge is 0.334 e. The van der Waals surface area contributed by atoms with Crippen molar-refractivity contribution in [2.75, 3.05) is 39.5 Å². The van der Waals surface area contributed by atoms with Gasteiger partial charge in [0.1, 0.15) is 13.2 Å². The maximum atomic E-state index is 11.5. The average molecular weight is 273 g/mol. The summed E-state index contributed by atoms with van der Waals surface area (Å²) in [6.07, 6.45) is -0.218. The minimum atomic E-state index is -0.597. The van der Waals surface area contributed by atoms with Gasteiger partial charge in [0.25, 0.3) is 0 Å². The number of carbonyl (C=O) groups excluding carboxylic acids is 2. The molecule has 0 aromatic heterocycles. The number of ether oxygens (including phenoxy) is 2. The first-order chi connectivity index (χ1) is 9.04. The van der Waals surface area contributed by atoms with Crippen molar-refractivity contribution in [1.82, 2.24) is 4.90 Å². The van der Waals surface area contributed by atoms with Gasteiger partial charge in [-0.3, -0.25) is 4.79 Å². The highest BCUT2D eigenvalue weighted by atomic mass is 16.5. The number of carbonyl (C=O) groups is 2. The molecule has 0 aliphatic heterocycles. The van der Waals surface area contributed by atoms with E-state index in [9.17, 15) is 9.59 Å². The van der Waals surface area contributed by atoms with Gasteiger partial charge in [-0.05, 0) is 13.1 Å². The first kappa shape index (κ1) is 17.6. The predicted octanol–water partition coefficient (Wildman–Crippen LogP) is 0.353. The second-order valence-electron chi connectivity index (χ2n) is 3.89. The minimum Gasteiger partial charge on any atom is -0.463 e. The Morgan fingerprint density at radius 1 is 1.16 bits per heavy atom. The molecule has 110 valence electrons. The zero-order valence-corrected chi connectivity index (χ0v) is 11.7. The summed E-state index contributed by atoms with van der Waals surface area (Å²) in [6, 6.07) is 0. The van der Waals surface area contributed by atoms with Gasteiger partial charge in [0, 0.05) is 12.1 Å². The fraction of sp³-hybridized carbons (Fsp3) is 0.692. The minimum absolute atomic E-state index is 0.0579. The molecule has 0 bridgehead atoms. The number of nitrogens with zero attached hydrogens (tertiary/aromatic N) is 1. The van der Waals surface area contributed by atoms with Gasteiger partial charge in [0.05, 0.1) is 13.0 Å². The molecular weight excluding hydrogens is 250 g/mol. The van der Waals surface area contributed by atoms with Gasteiger partial charge in [-0.25, -0.2) is 4.79 Å². The highest BCUT2D eigenvalue weighted by Crippen LogP contribution is 2.03. The average Bonchev–Trinajstić information content (AvgIpc) is 2.41. The lowest BCUT2D eigenvalue weighted by molar-refractivity contribution is -0.147. The maximum Gasteiger partial charge on any atom is 0.334 e. The van der Waals surface area contributed by atoms with Gasteiger partial charge in [-0.2, -0.15) is 0 Å². The molecular formula is C13H23NO5. The number of aliphatic hydroxyl groups is 1. The van der Waals surface area contributed by atoms with E-state index in [1.165, 1.54) is 0 Å². The molecule has 0 unspecified atom stereocenters. The second kappa shape index (κ2) is 10.5. The lowest BCUT2D eigenvalue weighted by Crippen LogP contribution is -2.28. The molecule has 0 aromatic carbocycles. The van der Waals surface area contributed by atoms with E-state index in [0.29, 0.717) is 6.54 Å². The Morgan fingerprint density at radius 2 is 1.79 bits per heavy atom. The summed E-state index contributed by atoms with van der Waals surface area (Å²) < 4.78 is 9.63. The molecule has 0 atom stereocenters. The lowest BCUT2D eigenvalue weighted by atomic mass is 10.2. The molecule has 6 nitrogen and oxygen atoms in total. The van der Waals surface area contributed by atoms with E-state index in [1.54, 1.807) is 0 Å². The standard InChI is InChI=1S/C13H23NO5/c1-4-14(5-2)6-8-19-13(17)11(3)10-12(16)18-9-7-15/h15H,3-10H2,1-2H3. The third-order valence-corrected chi connectivity index (χ3v) is 2.54. The van der Waals surface area contributed by atoms with Crippen LogP contribution in [0.2, 0.25) is 0 Å². The molecule has 0 aliphatic rings. The molecule has 0 fully saturated rings. The summed E-state index contributed by atoms with van der Waals surface area (Å²) in [7, 11) is 0. The van der Waals surface area contributed by atoms with E-state index in [-0.39, 0.29) is 31.8 Å². The molecule has 0 aliphatic carbocycles. The fourth-order valence-corrected chi connectivity index (χ4v) is 1.37. The van der Waals surface area contributed by atoms with Crippen molar-refractivity contribution in [2.24, 2.45) is 0 Å². The third-order valence-electron chi connectivity index (χ3n) is 2.54. The van der Waals surface area contributed by atoms with E-state index < -0.39 is 11.9 Å². The van der Waals surface area contributed by atoms with Crippen LogP contribution in [-0.2, 0) is 19.1 Å². The van der Waals surface area contributed by atoms with Gasteiger partial charge in [0.15, 0.2) is 0 Å². The summed E-state index contributed by atoms with van der Waals surface area (Å²) >= 11 is 0. The molecule has 0 saturated carbocycles. The fourth-order valence-electron chi connectivity index (χ4n) is 1.37. The van der Waals surface area contributed by atoms with Crippen molar-refractivity contribution in [3.63, 3.8) is 0 Å². The van der Waals surface area contributed by atoms with Gasteiger partial charge >= 0.3 is 11.9 Å². The first-order valence-electron chi connectivity index (χ1n) is 6.38. The number of hydrogen-bond donors (Lipinski definition) is 1. The monoisotopic (exact) mass is 273 g/mol. The Bertz CT molecular complexity index is 299. The van der Waals surface area contributed by atoms with Crippen molar-refractivity contribution in [1.29, 1.82) is 0 Å². The van der Waals surface area contributed by atoms with Crippen LogP contribution in [0.3, 0.4) is 0 Å². The van der Waals surface area contributed by atoms with Gasteiger partial charge in [0.2, 0.25) is 0 Å². The summed E-state index contributed by atoms with van der Waals surface area (Å²) in [5, 5.41) is 8.48. The van der Waals surface area contributed by atoms with Crippen LogP contribution in [0, 0.1) is 0 Å². The molecule has 0 amide bonds. The summed E-state index contributed by atoms with van der Waals surface area (Å²) in [6.45, 7) is 9.93. The van der Waals surface area contributed by atoms with Crippen LogP contribution in [-0.4, -0.2) is 61.4 Å². The van der Waals surface area contributed by atoms with E-state index >= 15 is 0 Å². The van der Waals surface area contributed by atoms with Gasteiger partial charge < -0.3 is 19.5 Å². The van der Waals surface area contributed by atoms with Crippen molar-refractivity contribution in [2.45, 2.75) is 20.3 Å². The van der Waals surface area contributed by atoms with E-state index in [2.05, 4.69) is 16.2 Å². The SMILES string of the molecule is C=C(CC(=O)OCCO)C(=O)OCCN(CC)CC. The highest BCUT2D eigenvalue weighted by molar-refractivity contribution is 5.93. The Hall–Kier alpha value is -1.40. The van der Waals surface area contributed by atoms with Crippen LogP contribution in [0.1, 0.15) is 20.3 Å². The van der Waals surface area contributed by atoms with Gasteiger partial charge in [-0.15, -0.1) is 0 Å². The Morgan fingerprint density at radius 3 is 2.32 bits per heavy atom. The van der Waals surface area contributed by atoms with Crippen LogP contribution in [0.15, 0.2) is 12.2 Å². The summed E-state index contributed by atoms with van der Waals surface area (Å²) in [5.74, 6) is -1.19. The predicted molar refractivity (Wildman–Crippen MR) is 70.5 cm³/mol. The maximum absolute atomic E-state index is 11.5. The van der Waals surface area contributed by atoms with Crippen molar-refractivity contribution in [3.05, 3.63) is 12.2 Å². The molecule has 1 N–H and O–H groups in total. The first-order valence-corrected chi connectivity index (χ1v) is 6.38. The summed E-state index contributed by atoms with van der Waals surface area (Å²) in [4.78, 5) is 24.8. The second-order valence-corrected chi connectivity index (χ2v) is 3.89. The van der Waals surface area contributed by atoms with E-state index in [4.69, 9.17) is 9.84 Å². The van der Waals surface area contributed by atoms with Crippen molar-refractivity contribution in [3.8, 4) is 0 Å². The normalized spacial score (nSPS) is 10.3. The number of likely N-dealkylation sites (N-methyl/N-ethyl adjacent to an activating group) is 1. The molecule has 0 radical (unpaired) electrons. The van der Waals surface area contributed by atoms with Crippen LogP contribution in [0.4, 0.5) is 0 Å².